The predicted octanol–water partition coefficient (Wildman–Crippen LogP) is 2.33. The number of nitrogens with one attached hydrogen (secondary N) is 1. The first-order valence-electron chi connectivity index (χ1n) is 7.73. The molecule has 1 N–H and O–H groups in total. The quantitative estimate of drug-likeness (QED) is 0.945. The van der Waals surface area contributed by atoms with Gasteiger partial charge in [-0.1, -0.05) is 0 Å². The van der Waals surface area contributed by atoms with Crippen molar-refractivity contribution in [3.8, 4) is 10.4 Å². The third kappa shape index (κ3) is 2.65. The van der Waals surface area contributed by atoms with Crippen LogP contribution >= 0.6 is 11.3 Å². The van der Waals surface area contributed by atoms with Crippen LogP contribution in [0.15, 0.2) is 24.5 Å². The minimum atomic E-state index is 0.573. The maximum absolute atomic E-state index is 4.26. The Morgan fingerprint density at radius 1 is 1.38 bits per heavy atom. The molecule has 2 aliphatic rings. The summed E-state index contributed by atoms with van der Waals surface area (Å²) in [4.78, 5) is 5.43. The van der Waals surface area contributed by atoms with E-state index in [-0.39, 0.29) is 0 Å². The number of likely N-dealkylation sites (tertiary alicyclic amines) is 1. The molecule has 0 saturated carbocycles. The summed E-state index contributed by atoms with van der Waals surface area (Å²) >= 11 is 1.91. The Kier molecular flexibility index (Phi) is 3.36. The number of hydrogen-bond acceptors (Lipinski definition) is 4. The summed E-state index contributed by atoms with van der Waals surface area (Å²) in [6, 6.07) is 4.52. The summed E-state index contributed by atoms with van der Waals surface area (Å²) in [5.41, 5.74) is 1.80. The Bertz CT molecular complexity index is 624. The second-order valence-electron chi connectivity index (χ2n) is 6.56. The van der Waals surface area contributed by atoms with E-state index in [0.29, 0.717) is 5.41 Å². The lowest BCUT2D eigenvalue weighted by atomic mass is 9.87. The van der Waals surface area contributed by atoms with Crippen molar-refractivity contribution in [1.29, 1.82) is 0 Å². The highest BCUT2D eigenvalue weighted by Gasteiger charge is 2.40. The molecule has 2 aliphatic heterocycles. The van der Waals surface area contributed by atoms with Crippen LogP contribution in [0.25, 0.3) is 10.4 Å². The van der Waals surface area contributed by atoms with Gasteiger partial charge in [-0.3, -0.25) is 9.58 Å². The summed E-state index contributed by atoms with van der Waals surface area (Å²) in [6.07, 6.45) is 6.75. The molecule has 0 bridgehead atoms. The lowest BCUT2D eigenvalue weighted by Crippen LogP contribution is -2.28. The number of rotatable bonds is 3. The Balaban J connectivity index is 1.43. The summed E-state index contributed by atoms with van der Waals surface area (Å²) in [5, 5.41) is 7.79. The third-order valence-electron chi connectivity index (χ3n) is 4.88. The normalized spacial score (nSPS) is 26.1. The molecular weight excluding hydrogens is 280 g/mol. The van der Waals surface area contributed by atoms with Crippen molar-refractivity contribution in [1.82, 2.24) is 20.0 Å². The molecule has 0 aromatic carbocycles. The van der Waals surface area contributed by atoms with Crippen molar-refractivity contribution >= 4 is 11.3 Å². The van der Waals surface area contributed by atoms with Gasteiger partial charge in [0.25, 0.3) is 0 Å². The molecule has 5 heteroatoms. The highest BCUT2D eigenvalue weighted by molar-refractivity contribution is 7.15. The molecule has 4 heterocycles. The molecule has 4 rings (SSSR count). The van der Waals surface area contributed by atoms with E-state index in [2.05, 4.69) is 33.6 Å². The molecular formula is C16H22N4S. The van der Waals surface area contributed by atoms with Crippen LogP contribution in [-0.2, 0) is 13.6 Å². The Labute approximate surface area is 129 Å². The monoisotopic (exact) mass is 302 g/mol. The average Bonchev–Trinajstić information content (AvgIpc) is 3.21. The predicted molar refractivity (Wildman–Crippen MR) is 86.3 cm³/mol. The largest absolute Gasteiger partial charge is 0.316 e. The Hall–Kier alpha value is -1.17. The van der Waals surface area contributed by atoms with Crippen molar-refractivity contribution in [3.63, 3.8) is 0 Å². The molecule has 21 heavy (non-hydrogen) atoms. The maximum atomic E-state index is 4.26. The van der Waals surface area contributed by atoms with Crippen LogP contribution in [0.3, 0.4) is 0 Å². The molecule has 2 aromatic heterocycles. The number of hydrogen-bond donors (Lipinski definition) is 1. The van der Waals surface area contributed by atoms with Crippen LogP contribution in [0.4, 0.5) is 0 Å². The van der Waals surface area contributed by atoms with Crippen LogP contribution in [0, 0.1) is 5.41 Å². The second-order valence-corrected chi connectivity index (χ2v) is 7.72. The first-order valence-corrected chi connectivity index (χ1v) is 8.55. The van der Waals surface area contributed by atoms with Gasteiger partial charge in [0.2, 0.25) is 0 Å². The number of thiophene rings is 1. The van der Waals surface area contributed by atoms with Crippen molar-refractivity contribution in [2.75, 3.05) is 26.2 Å². The van der Waals surface area contributed by atoms with E-state index in [4.69, 9.17) is 0 Å². The van der Waals surface area contributed by atoms with Gasteiger partial charge in [0.05, 0.1) is 6.20 Å². The van der Waals surface area contributed by atoms with Gasteiger partial charge in [-0.05, 0) is 43.5 Å². The lowest BCUT2D eigenvalue weighted by molar-refractivity contribution is 0.270. The highest BCUT2D eigenvalue weighted by atomic mass is 32.1. The van der Waals surface area contributed by atoms with Crippen molar-refractivity contribution in [2.24, 2.45) is 12.5 Å². The Morgan fingerprint density at radius 2 is 2.33 bits per heavy atom. The van der Waals surface area contributed by atoms with E-state index in [1.807, 2.05) is 29.3 Å². The van der Waals surface area contributed by atoms with Crippen LogP contribution in [0.2, 0.25) is 0 Å². The van der Waals surface area contributed by atoms with Crippen LogP contribution in [-0.4, -0.2) is 40.9 Å². The Morgan fingerprint density at radius 3 is 3.10 bits per heavy atom. The van der Waals surface area contributed by atoms with E-state index >= 15 is 0 Å². The maximum Gasteiger partial charge on any atom is 0.0576 e. The smallest absolute Gasteiger partial charge is 0.0576 e. The van der Waals surface area contributed by atoms with E-state index < -0.39 is 0 Å². The fourth-order valence-corrected chi connectivity index (χ4v) is 4.72. The van der Waals surface area contributed by atoms with Crippen molar-refractivity contribution < 1.29 is 0 Å². The SMILES string of the molecule is Cn1cc(-c2ccc(CN3CCC4(CCNC4)C3)s2)cn1. The van der Waals surface area contributed by atoms with Gasteiger partial charge in [0, 0.05) is 48.2 Å². The average molecular weight is 302 g/mol. The molecule has 0 amide bonds. The molecule has 1 spiro atoms. The summed E-state index contributed by atoms with van der Waals surface area (Å²) < 4.78 is 1.87. The van der Waals surface area contributed by atoms with Crippen LogP contribution in [0.1, 0.15) is 17.7 Å². The van der Waals surface area contributed by atoms with Gasteiger partial charge in [0.15, 0.2) is 0 Å². The molecule has 0 aliphatic carbocycles. The van der Waals surface area contributed by atoms with E-state index in [1.54, 1.807) is 0 Å². The van der Waals surface area contributed by atoms with Gasteiger partial charge in [-0.2, -0.15) is 5.10 Å². The van der Waals surface area contributed by atoms with Gasteiger partial charge >= 0.3 is 0 Å². The highest BCUT2D eigenvalue weighted by Crippen LogP contribution is 2.37. The van der Waals surface area contributed by atoms with Crippen molar-refractivity contribution in [2.45, 2.75) is 19.4 Å². The summed E-state index contributed by atoms with van der Waals surface area (Å²) in [5.74, 6) is 0. The van der Waals surface area contributed by atoms with Gasteiger partial charge in [-0.25, -0.2) is 0 Å². The zero-order valence-corrected chi connectivity index (χ0v) is 13.3. The summed E-state index contributed by atoms with van der Waals surface area (Å²) in [6.45, 7) is 6.04. The molecule has 1 atom stereocenters. The lowest BCUT2D eigenvalue weighted by Gasteiger charge is -2.22. The first-order chi connectivity index (χ1) is 10.2. The number of nitrogens with zero attached hydrogens (tertiary/aromatic N) is 3. The number of aryl methyl sites for hydroxylation is 1. The second kappa shape index (κ2) is 5.23. The van der Waals surface area contributed by atoms with Gasteiger partial charge < -0.3 is 5.32 Å². The fourth-order valence-electron chi connectivity index (χ4n) is 3.69. The zero-order valence-electron chi connectivity index (χ0n) is 12.5. The van der Waals surface area contributed by atoms with Gasteiger partial charge in [-0.15, -0.1) is 11.3 Å². The van der Waals surface area contributed by atoms with Gasteiger partial charge in [0.1, 0.15) is 0 Å². The minimum absolute atomic E-state index is 0.573. The van der Waals surface area contributed by atoms with E-state index in [1.165, 1.54) is 54.3 Å². The van der Waals surface area contributed by atoms with Crippen molar-refractivity contribution in [3.05, 3.63) is 29.4 Å². The molecule has 1 unspecified atom stereocenters. The fraction of sp³-hybridized carbons (Fsp3) is 0.562. The minimum Gasteiger partial charge on any atom is -0.316 e. The standard InChI is InChI=1S/C16H22N4S/c1-19-9-13(8-18-19)15-3-2-14(21-15)10-20-7-5-16(12-20)4-6-17-11-16/h2-3,8-9,17H,4-7,10-12H2,1H3. The number of aromatic nitrogens is 2. The van der Waals surface area contributed by atoms with Crippen LogP contribution in [0.5, 0.6) is 0 Å². The zero-order chi connectivity index (χ0) is 14.3. The van der Waals surface area contributed by atoms with Crippen LogP contribution < -0.4 is 5.32 Å². The third-order valence-corrected chi connectivity index (χ3v) is 6.00. The molecule has 2 aromatic rings. The molecule has 2 fully saturated rings. The topological polar surface area (TPSA) is 33.1 Å². The molecule has 0 radical (unpaired) electrons. The molecule has 4 nitrogen and oxygen atoms in total. The molecule has 2 saturated heterocycles. The summed E-state index contributed by atoms with van der Waals surface area (Å²) in [7, 11) is 1.97. The molecule has 112 valence electrons. The first kappa shape index (κ1) is 13.5. The van der Waals surface area contributed by atoms with E-state index in [9.17, 15) is 0 Å². The van der Waals surface area contributed by atoms with E-state index in [0.717, 1.165) is 6.54 Å².